The maximum absolute atomic E-state index is 6.23. The summed E-state index contributed by atoms with van der Waals surface area (Å²) in [6.45, 7) is 0. The first-order valence-corrected chi connectivity index (χ1v) is 8.04. The lowest BCUT2D eigenvalue weighted by Gasteiger charge is -2.09. The number of benzene rings is 2. The van der Waals surface area contributed by atoms with Gasteiger partial charge in [-0.3, -0.25) is 0 Å². The van der Waals surface area contributed by atoms with Gasteiger partial charge in [-0.1, -0.05) is 62.3 Å². The lowest BCUT2D eigenvalue weighted by Crippen LogP contribution is -1.94. The van der Waals surface area contributed by atoms with Gasteiger partial charge in [0.2, 0.25) is 0 Å². The van der Waals surface area contributed by atoms with Crippen LogP contribution in [0.1, 0.15) is 0 Å². The number of fused-ring (bicyclic) bond motifs is 1. The lowest BCUT2D eigenvalue weighted by molar-refractivity contribution is 1.23. The van der Waals surface area contributed by atoms with Gasteiger partial charge in [0.1, 0.15) is 5.15 Å². The molecule has 0 saturated carbocycles. The summed E-state index contributed by atoms with van der Waals surface area (Å²) in [5.74, 6) is 0.392. The van der Waals surface area contributed by atoms with Crippen LogP contribution in [-0.2, 0) is 0 Å². The number of aromatic nitrogens is 2. The van der Waals surface area contributed by atoms with E-state index >= 15 is 0 Å². The largest absolute Gasteiger partial charge is 0.226 e. The highest BCUT2D eigenvalue weighted by atomic mass is 79.9. The second kappa shape index (κ2) is 5.90. The third-order valence-corrected chi connectivity index (χ3v) is 4.59. The van der Waals surface area contributed by atoms with E-state index < -0.39 is 0 Å². The lowest BCUT2D eigenvalue weighted by atomic mass is 10.2. The second-order valence-corrected chi connectivity index (χ2v) is 6.71. The molecule has 0 bridgehead atoms. The third kappa shape index (κ3) is 2.86. The van der Waals surface area contributed by atoms with Gasteiger partial charge < -0.3 is 0 Å². The SMILES string of the molecule is Clc1ccc(Br)cc1-c1nc(Cl)c2c(Cl)ccc(Cl)c2n1. The van der Waals surface area contributed by atoms with Crippen LogP contribution in [0.5, 0.6) is 0 Å². The van der Waals surface area contributed by atoms with Crippen molar-refractivity contribution in [3.63, 3.8) is 0 Å². The Morgan fingerprint density at radius 1 is 0.810 bits per heavy atom. The fourth-order valence-corrected chi connectivity index (χ4v) is 3.24. The number of rotatable bonds is 1. The van der Waals surface area contributed by atoms with E-state index in [-0.39, 0.29) is 5.15 Å². The summed E-state index contributed by atoms with van der Waals surface area (Å²) in [4.78, 5) is 8.73. The van der Waals surface area contributed by atoms with Crippen LogP contribution in [0.4, 0.5) is 0 Å². The normalized spacial score (nSPS) is 11.1. The topological polar surface area (TPSA) is 25.8 Å². The predicted octanol–water partition coefficient (Wildman–Crippen LogP) is 6.67. The molecule has 0 N–H and O–H groups in total. The minimum absolute atomic E-state index is 0.235. The van der Waals surface area contributed by atoms with Crippen LogP contribution < -0.4 is 0 Å². The van der Waals surface area contributed by atoms with E-state index in [0.29, 0.717) is 37.4 Å². The summed E-state index contributed by atoms with van der Waals surface area (Å²) in [5.41, 5.74) is 1.15. The molecular formula is C14H5BrCl4N2. The van der Waals surface area contributed by atoms with Crippen LogP contribution in [0.3, 0.4) is 0 Å². The minimum Gasteiger partial charge on any atom is -0.226 e. The van der Waals surface area contributed by atoms with Crippen molar-refractivity contribution in [2.24, 2.45) is 0 Å². The summed E-state index contributed by atoms with van der Waals surface area (Å²) in [6.07, 6.45) is 0. The molecule has 0 aliphatic carbocycles. The third-order valence-electron chi connectivity index (χ3n) is 2.88. The highest BCUT2D eigenvalue weighted by molar-refractivity contribution is 9.10. The zero-order chi connectivity index (χ0) is 15.1. The summed E-state index contributed by atoms with van der Waals surface area (Å²) in [5, 5.41) is 2.18. The van der Waals surface area contributed by atoms with E-state index in [9.17, 15) is 0 Å². The first kappa shape index (κ1) is 15.3. The summed E-state index contributed by atoms with van der Waals surface area (Å²) in [7, 11) is 0. The molecule has 106 valence electrons. The van der Waals surface area contributed by atoms with Crippen LogP contribution in [-0.4, -0.2) is 9.97 Å². The van der Waals surface area contributed by atoms with Crippen LogP contribution in [0.2, 0.25) is 20.2 Å². The van der Waals surface area contributed by atoms with E-state index in [1.165, 1.54) is 0 Å². The Bertz CT molecular complexity index is 867. The average Bonchev–Trinajstić information content (AvgIpc) is 2.45. The molecule has 3 rings (SSSR count). The molecule has 2 aromatic carbocycles. The van der Waals surface area contributed by atoms with E-state index in [2.05, 4.69) is 25.9 Å². The van der Waals surface area contributed by atoms with Crippen molar-refractivity contribution >= 4 is 73.2 Å². The Kier molecular flexibility index (Phi) is 4.30. The van der Waals surface area contributed by atoms with Gasteiger partial charge in [0, 0.05) is 10.0 Å². The van der Waals surface area contributed by atoms with Crippen molar-refractivity contribution in [3.05, 3.63) is 55.0 Å². The molecule has 0 fully saturated rings. The number of hydrogen-bond donors (Lipinski definition) is 0. The predicted molar refractivity (Wildman–Crippen MR) is 92.7 cm³/mol. The van der Waals surface area contributed by atoms with Gasteiger partial charge >= 0.3 is 0 Å². The van der Waals surface area contributed by atoms with E-state index in [1.807, 2.05) is 12.1 Å². The Morgan fingerprint density at radius 2 is 1.48 bits per heavy atom. The molecule has 2 nitrogen and oxygen atoms in total. The summed E-state index contributed by atoms with van der Waals surface area (Å²) < 4.78 is 0.860. The average molecular weight is 423 g/mol. The Hall–Kier alpha value is -0.580. The molecule has 7 heteroatoms. The van der Waals surface area contributed by atoms with Gasteiger partial charge in [0.05, 0.1) is 26.0 Å². The van der Waals surface area contributed by atoms with Gasteiger partial charge in [0.25, 0.3) is 0 Å². The summed E-state index contributed by atoms with van der Waals surface area (Å²) >= 11 is 28.1. The zero-order valence-electron chi connectivity index (χ0n) is 10.2. The van der Waals surface area contributed by atoms with Crippen molar-refractivity contribution < 1.29 is 0 Å². The maximum atomic E-state index is 6.23. The van der Waals surface area contributed by atoms with Crippen LogP contribution in [0.25, 0.3) is 22.3 Å². The molecule has 0 atom stereocenters. The van der Waals surface area contributed by atoms with Crippen molar-refractivity contribution in [1.82, 2.24) is 9.97 Å². The van der Waals surface area contributed by atoms with Crippen molar-refractivity contribution in [2.45, 2.75) is 0 Å². The Morgan fingerprint density at radius 3 is 2.24 bits per heavy atom. The maximum Gasteiger partial charge on any atom is 0.163 e. The van der Waals surface area contributed by atoms with Gasteiger partial charge in [-0.25, -0.2) is 9.97 Å². The molecule has 3 aromatic rings. The molecule has 1 aromatic heterocycles. The number of hydrogen-bond acceptors (Lipinski definition) is 2. The smallest absolute Gasteiger partial charge is 0.163 e. The molecule has 0 radical (unpaired) electrons. The molecule has 0 saturated heterocycles. The van der Waals surface area contributed by atoms with Crippen LogP contribution in [0, 0.1) is 0 Å². The number of nitrogens with zero attached hydrogens (tertiary/aromatic N) is 2. The highest BCUT2D eigenvalue weighted by Gasteiger charge is 2.15. The van der Waals surface area contributed by atoms with Gasteiger partial charge in [0.15, 0.2) is 5.82 Å². The van der Waals surface area contributed by atoms with Crippen LogP contribution >= 0.6 is 62.3 Å². The van der Waals surface area contributed by atoms with Gasteiger partial charge in [-0.2, -0.15) is 0 Å². The molecule has 0 amide bonds. The van der Waals surface area contributed by atoms with E-state index in [1.54, 1.807) is 18.2 Å². The fraction of sp³-hybridized carbons (Fsp3) is 0. The van der Waals surface area contributed by atoms with Crippen LogP contribution in [0.15, 0.2) is 34.8 Å². The zero-order valence-corrected chi connectivity index (χ0v) is 14.8. The monoisotopic (exact) mass is 420 g/mol. The van der Waals surface area contributed by atoms with E-state index in [0.717, 1.165) is 4.47 Å². The van der Waals surface area contributed by atoms with Crippen molar-refractivity contribution in [2.75, 3.05) is 0 Å². The molecule has 1 heterocycles. The standard InChI is InChI=1S/C14H5BrCl4N2/c15-6-1-2-8(16)7(5-6)14-20-12-10(18)4-3-9(17)11(12)13(19)21-14/h1-5H. The van der Waals surface area contributed by atoms with Gasteiger partial charge in [-0.05, 0) is 30.3 Å². The molecule has 21 heavy (non-hydrogen) atoms. The molecular weight excluding hydrogens is 418 g/mol. The fourth-order valence-electron chi connectivity index (χ4n) is 1.92. The second-order valence-electron chi connectivity index (χ2n) is 4.22. The molecule has 0 aliphatic rings. The minimum atomic E-state index is 0.235. The Labute approximate surface area is 149 Å². The first-order chi connectivity index (χ1) is 9.97. The first-order valence-electron chi connectivity index (χ1n) is 5.74. The number of halogens is 5. The van der Waals surface area contributed by atoms with Crippen molar-refractivity contribution in [3.8, 4) is 11.4 Å². The van der Waals surface area contributed by atoms with Crippen molar-refractivity contribution in [1.29, 1.82) is 0 Å². The Balaban J connectivity index is 2.35. The molecule has 0 aliphatic heterocycles. The molecule has 0 unspecified atom stereocenters. The quantitative estimate of drug-likeness (QED) is 0.409. The molecule has 0 spiro atoms. The van der Waals surface area contributed by atoms with Gasteiger partial charge in [-0.15, -0.1) is 0 Å². The summed E-state index contributed by atoms with van der Waals surface area (Å²) in [6, 6.07) is 8.73. The van der Waals surface area contributed by atoms with E-state index in [4.69, 9.17) is 46.4 Å². The highest BCUT2D eigenvalue weighted by Crippen LogP contribution is 2.36.